The predicted molar refractivity (Wildman–Crippen MR) is 73.5 cm³/mol. The summed E-state index contributed by atoms with van der Waals surface area (Å²) in [7, 11) is 0. The van der Waals surface area contributed by atoms with Crippen molar-refractivity contribution in [3.8, 4) is 0 Å². The molecule has 2 aromatic carbocycles. The van der Waals surface area contributed by atoms with Crippen molar-refractivity contribution in [1.82, 2.24) is 0 Å². The smallest absolute Gasteiger partial charge is 0.332 e. The summed E-state index contributed by atoms with van der Waals surface area (Å²) in [6, 6.07) is 19.7. The van der Waals surface area contributed by atoms with E-state index in [0.717, 1.165) is 16.7 Å². The second-order valence-electron chi connectivity index (χ2n) is 4.66. The average molecular weight is 250 g/mol. The Kier molecular flexibility index (Phi) is 2.71. The molecule has 0 aromatic heterocycles. The summed E-state index contributed by atoms with van der Waals surface area (Å²) in [6.45, 7) is 1.94. The van der Waals surface area contributed by atoms with Crippen LogP contribution in [0.5, 0.6) is 0 Å². The van der Waals surface area contributed by atoms with Crippen LogP contribution in [0.15, 0.2) is 72.3 Å². The van der Waals surface area contributed by atoms with Crippen molar-refractivity contribution in [3.05, 3.63) is 83.4 Å². The fourth-order valence-corrected chi connectivity index (χ4v) is 2.62. The van der Waals surface area contributed by atoms with Crippen LogP contribution < -0.4 is 0 Å². The first-order chi connectivity index (χ1) is 9.23. The summed E-state index contributed by atoms with van der Waals surface area (Å²) < 4.78 is 5.70. The molecule has 0 bridgehead atoms. The summed E-state index contributed by atoms with van der Waals surface area (Å²) in [4.78, 5) is 11.7. The van der Waals surface area contributed by atoms with E-state index in [-0.39, 0.29) is 5.97 Å². The highest BCUT2D eigenvalue weighted by Crippen LogP contribution is 2.43. The van der Waals surface area contributed by atoms with Gasteiger partial charge in [-0.05, 0) is 12.5 Å². The van der Waals surface area contributed by atoms with Gasteiger partial charge < -0.3 is 4.74 Å². The van der Waals surface area contributed by atoms with Crippen molar-refractivity contribution in [3.63, 3.8) is 0 Å². The molecule has 2 heteroatoms. The molecule has 3 rings (SSSR count). The maximum atomic E-state index is 11.7. The minimum atomic E-state index is -0.778. The molecule has 94 valence electrons. The van der Waals surface area contributed by atoms with Gasteiger partial charge in [-0.1, -0.05) is 60.7 Å². The lowest BCUT2D eigenvalue weighted by Gasteiger charge is -2.31. The fourth-order valence-electron chi connectivity index (χ4n) is 2.62. The van der Waals surface area contributed by atoms with Gasteiger partial charge in [0.1, 0.15) is 0 Å². The van der Waals surface area contributed by atoms with E-state index < -0.39 is 5.60 Å². The van der Waals surface area contributed by atoms with Gasteiger partial charge in [-0.3, -0.25) is 0 Å². The monoisotopic (exact) mass is 250 g/mol. The van der Waals surface area contributed by atoms with Gasteiger partial charge in [0.05, 0.1) is 0 Å². The van der Waals surface area contributed by atoms with E-state index in [0.29, 0.717) is 0 Å². The van der Waals surface area contributed by atoms with Crippen molar-refractivity contribution in [1.29, 1.82) is 0 Å². The van der Waals surface area contributed by atoms with Crippen LogP contribution in [0.4, 0.5) is 0 Å². The third-order valence-corrected chi connectivity index (χ3v) is 3.50. The van der Waals surface area contributed by atoms with E-state index in [2.05, 4.69) is 0 Å². The zero-order valence-electron chi connectivity index (χ0n) is 10.7. The Morgan fingerprint density at radius 3 is 1.68 bits per heavy atom. The Morgan fingerprint density at radius 2 is 1.32 bits per heavy atom. The number of carbonyl (C=O) groups excluding carboxylic acids is 1. The Bertz CT molecular complexity index is 587. The SMILES string of the molecule is CC1=CC(=O)OC1(c1ccccc1)c1ccccc1. The first-order valence-electron chi connectivity index (χ1n) is 6.26. The van der Waals surface area contributed by atoms with E-state index in [4.69, 9.17) is 4.74 Å². The van der Waals surface area contributed by atoms with Crippen molar-refractivity contribution >= 4 is 5.97 Å². The molecule has 0 spiro atoms. The fraction of sp³-hybridized carbons (Fsp3) is 0.118. The average Bonchev–Trinajstić information content (AvgIpc) is 2.76. The van der Waals surface area contributed by atoms with Gasteiger partial charge in [-0.25, -0.2) is 4.79 Å². The van der Waals surface area contributed by atoms with Gasteiger partial charge in [0.15, 0.2) is 5.60 Å². The number of carbonyl (C=O) groups is 1. The van der Waals surface area contributed by atoms with E-state index in [1.54, 1.807) is 6.08 Å². The number of esters is 1. The van der Waals surface area contributed by atoms with E-state index >= 15 is 0 Å². The van der Waals surface area contributed by atoms with E-state index in [9.17, 15) is 4.79 Å². The van der Waals surface area contributed by atoms with Gasteiger partial charge >= 0.3 is 5.97 Å². The van der Waals surface area contributed by atoms with Gasteiger partial charge in [-0.2, -0.15) is 0 Å². The van der Waals surface area contributed by atoms with E-state index in [1.807, 2.05) is 67.6 Å². The first kappa shape index (κ1) is 11.7. The summed E-state index contributed by atoms with van der Waals surface area (Å²) in [6.07, 6.45) is 1.57. The molecule has 1 aliphatic heterocycles. The van der Waals surface area contributed by atoms with Crippen molar-refractivity contribution in [2.75, 3.05) is 0 Å². The zero-order valence-corrected chi connectivity index (χ0v) is 10.7. The third-order valence-electron chi connectivity index (χ3n) is 3.50. The molecule has 0 amide bonds. The summed E-state index contributed by atoms with van der Waals surface area (Å²) >= 11 is 0. The molecule has 1 aliphatic rings. The van der Waals surface area contributed by atoms with Crippen LogP contribution >= 0.6 is 0 Å². The van der Waals surface area contributed by atoms with Crippen molar-refractivity contribution in [2.45, 2.75) is 12.5 Å². The summed E-state index contributed by atoms with van der Waals surface area (Å²) in [5, 5.41) is 0. The third kappa shape index (κ3) is 1.76. The first-order valence-corrected chi connectivity index (χ1v) is 6.26. The molecule has 1 heterocycles. The maximum absolute atomic E-state index is 11.7. The van der Waals surface area contributed by atoms with Gasteiger partial charge in [0, 0.05) is 17.2 Å². The molecule has 0 N–H and O–H groups in total. The molecular weight excluding hydrogens is 236 g/mol. The molecule has 0 atom stereocenters. The Morgan fingerprint density at radius 1 is 0.842 bits per heavy atom. The largest absolute Gasteiger partial charge is 0.441 e. The minimum absolute atomic E-state index is 0.287. The molecule has 0 radical (unpaired) electrons. The second-order valence-corrected chi connectivity index (χ2v) is 4.66. The Hall–Kier alpha value is -2.35. The Labute approximate surface area is 112 Å². The van der Waals surface area contributed by atoms with Crippen molar-refractivity contribution < 1.29 is 9.53 Å². The van der Waals surface area contributed by atoms with Gasteiger partial charge in [0.2, 0.25) is 0 Å². The lowest BCUT2D eigenvalue weighted by atomic mass is 9.81. The molecular formula is C17H14O2. The molecule has 19 heavy (non-hydrogen) atoms. The maximum Gasteiger partial charge on any atom is 0.332 e. The van der Waals surface area contributed by atoms with Gasteiger partial charge in [-0.15, -0.1) is 0 Å². The minimum Gasteiger partial charge on any atom is -0.441 e. The van der Waals surface area contributed by atoms with Crippen molar-refractivity contribution in [2.24, 2.45) is 0 Å². The number of rotatable bonds is 2. The van der Waals surface area contributed by atoms with Crippen LogP contribution in [0.3, 0.4) is 0 Å². The summed E-state index contributed by atoms with van der Waals surface area (Å²) in [5.74, 6) is -0.287. The normalized spacial score (nSPS) is 16.9. The van der Waals surface area contributed by atoms with Crippen LogP contribution in [0, 0.1) is 0 Å². The predicted octanol–water partition coefficient (Wildman–Crippen LogP) is 3.43. The van der Waals surface area contributed by atoms with E-state index in [1.165, 1.54) is 0 Å². The van der Waals surface area contributed by atoms with Crippen LogP contribution in [0.2, 0.25) is 0 Å². The highest BCUT2D eigenvalue weighted by atomic mass is 16.6. The van der Waals surface area contributed by atoms with Crippen LogP contribution in [0.25, 0.3) is 0 Å². The number of hydrogen-bond donors (Lipinski definition) is 0. The van der Waals surface area contributed by atoms with Crippen LogP contribution in [-0.2, 0) is 15.1 Å². The standard InChI is InChI=1S/C17H14O2/c1-13-12-16(18)19-17(13,14-8-4-2-5-9-14)15-10-6-3-7-11-15/h2-12H,1H3. The molecule has 0 fully saturated rings. The highest BCUT2D eigenvalue weighted by molar-refractivity contribution is 5.88. The van der Waals surface area contributed by atoms with Crippen LogP contribution in [-0.4, -0.2) is 5.97 Å². The molecule has 2 aromatic rings. The molecule has 0 saturated carbocycles. The molecule has 0 unspecified atom stereocenters. The Balaban J connectivity index is 2.24. The zero-order chi connectivity index (χ0) is 13.3. The number of benzene rings is 2. The number of ether oxygens (including phenoxy) is 1. The molecule has 2 nitrogen and oxygen atoms in total. The quantitative estimate of drug-likeness (QED) is 0.763. The molecule has 0 saturated heterocycles. The molecule has 0 aliphatic carbocycles. The topological polar surface area (TPSA) is 26.3 Å². The number of hydrogen-bond acceptors (Lipinski definition) is 2. The highest BCUT2D eigenvalue weighted by Gasteiger charge is 2.44. The second kappa shape index (κ2) is 4.39. The van der Waals surface area contributed by atoms with Gasteiger partial charge in [0.25, 0.3) is 0 Å². The lowest BCUT2D eigenvalue weighted by Crippen LogP contribution is -2.30. The lowest BCUT2D eigenvalue weighted by molar-refractivity contribution is -0.144. The summed E-state index contributed by atoms with van der Waals surface area (Å²) in [5.41, 5.74) is 2.08. The number of cyclic esters (lactones) is 1. The van der Waals surface area contributed by atoms with Crippen LogP contribution in [0.1, 0.15) is 18.1 Å².